The number of carbonyl (C=O) groups excluding carboxylic acids is 2. The van der Waals surface area contributed by atoms with Gasteiger partial charge in [0.1, 0.15) is 17.1 Å². The number of β-amino-alcohol motifs (C(OH)–C–C–N with tert-alkyl or cyclic N) is 1. The quantitative estimate of drug-likeness (QED) is 0.634. The van der Waals surface area contributed by atoms with Crippen LogP contribution in [0.3, 0.4) is 0 Å². The van der Waals surface area contributed by atoms with Crippen LogP contribution in [-0.2, 0) is 14.3 Å². The molecule has 0 saturated heterocycles. The molecule has 10 heteroatoms. The fourth-order valence-corrected chi connectivity index (χ4v) is 2.60. The SMILES string of the molecule is COC(=O)C1=C(Nc2c(F)ccc(Cl)c2C(=O)O)C(=O)N(CCO)C1. The van der Waals surface area contributed by atoms with Gasteiger partial charge in [0.2, 0.25) is 0 Å². The summed E-state index contributed by atoms with van der Waals surface area (Å²) in [5.74, 6) is -4.02. The van der Waals surface area contributed by atoms with E-state index >= 15 is 0 Å². The lowest BCUT2D eigenvalue weighted by atomic mass is 10.1. The Morgan fingerprint density at radius 1 is 1.44 bits per heavy atom. The number of aliphatic hydroxyl groups is 1. The molecule has 134 valence electrons. The summed E-state index contributed by atoms with van der Waals surface area (Å²) in [6, 6.07) is 2.00. The van der Waals surface area contributed by atoms with Crippen molar-refractivity contribution in [3.8, 4) is 0 Å². The number of hydrogen-bond acceptors (Lipinski definition) is 6. The monoisotopic (exact) mass is 372 g/mol. The first-order valence-corrected chi connectivity index (χ1v) is 7.39. The molecular weight excluding hydrogens is 359 g/mol. The summed E-state index contributed by atoms with van der Waals surface area (Å²) in [5.41, 5.74) is -1.57. The van der Waals surface area contributed by atoms with E-state index in [0.717, 1.165) is 24.1 Å². The molecule has 0 spiro atoms. The topological polar surface area (TPSA) is 116 Å². The molecule has 2 rings (SSSR count). The Kier molecular flexibility index (Phi) is 5.60. The number of esters is 1. The smallest absolute Gasteiger partial charge is 0.339 e. The van der Waals surface area contributed by atoms with Gasteiger partial charge in [-0.25, -0.2) is 14.0 Å². The minimum absolute atomic E-state index is 0.0612. The minimum Gasteiger partial charge on any atom is -0.478 e. The lowest BCUT2D eigenvalue weighted by Crippen LogP contribution is -2.31. The van der Waals surface area contributed by atoms with Crippen LogP contribution in [0.25, 0.3) is 0 Å². The maximum absolute atomic E-state index is 14.1. The molecule has 0 aromatic heterocycles. The normalized spacial score (nSPS) is 14.1. The zero-order valence-electron chi connectivity index (χ0n) is 13.0. The number of benzene rings is 1. The Morgan fingerprint density at radius 3 is 2.68 bits per heavy atom. The third-order valence-corrected chi connectivity index (χ3v) is 3.84. The fraction of sp³-hybridized carbons (Fsp3) is 0.267. The highest BCUT2D eigenvalue weighted by Gasteiger charge is 2.35. The summed E-state index contributed by atoms with van der Waals surface area (Å²) in [7, 11) is 1.11. The predicted molar refractivity (Wildman–Crippen MR) is 84.7 cm³/mol. The van der Waals surface area contributed by atoms with Gasteiger partial charge in [-0.3, -0.25) is 4.79 Å². The van der Waals surface area contributed by atoms with E-state index in [2.05, 4.69) is 10.1 Å². The van der Waals surface area contributed by atoms with E-state index in [9.17, 15) is 23.9 Å². The molecule has 3 N–H and O–H groups in total. The Bertz CT molecular complexity index is 780. The number of ether oxygens (including phenoxy) is 1. The molecule has 0 fully saturated rings. The third-order valence-electron chi connectivity index (χ3n) is 3.52. The van der Waals surface area contributed by atoms with Crippen LogP contribution in [0.2, 0.25) is 5.02 Å². The number of aromatic carboxylic acids is 1. The van der Waals surface area contributed by atoms with Gasteiger partial charge in [-0.1, -0.05) is 11.6 Å². The van der Waals surface area contributed by atoms with E-state index in [1.54, 1.807) is 0 Å². The van der Waals surface area contributed by atoms with E-state index in [1.807, 2.05) is 0 Å². The van der Waals surface area contributed by atoms with Crippen LogP contribution in [0.1, 0.15) is 10.4 Å². The first-order chi connectivity index (χ1) is 11.8. The van der Waals surface area contributed by atoms with Crippen molar-refractivity contribution in [2.75, 3.05) is 32.1 Å². The van der Waals surface area contributed by atoms with Crippen LogP contribution in [0.15, 0.2) is 23.4 Å². The van der Waals surface area contributed by atoms with Crippen LogP contribution in [0, 0.1) is 5.82 Å². The van der Waals surface area contributed by atoms with Gasteiger partial charge in [0.25, 0.3) is 5.91 Å². The number of carbonyl (C=O) groups is 3. The number of nitrogens with one attached hydrogen (secondary N) is 1. The van der Waals surface area contributed by atoms with Crippen LogP contribution in [0.4, 0.5) is 10.1 Å². The Morgan fingerprint density at radius 2 is 2.12 bits per heavy atom. The summed E-state index contributed by atoms with van der Waals surface area (Å²) in [5, 5.41) is 20.4. The van der Waals surface area contributed by atoms with Crippen molar-refractivity contribution in [1.29, 1.82) is 0 Å². The number of methoxy groups -OCH3 is 1. The summed E-state index contributed by atoms with van der Waals surface area (Å²) < 4.78 is 18.7. The fourth-order valence-electron chi connectivity index (χ4n) is 2.36. The standard InChI is InChI=1S/C15H14ClFN2O6/c1-25-15(24)7-6-19(4-5-20)13(21)11(7)18-12-9(17)3-2-8(16)10(12)14(22)23/h2-3,18,20H,4-6H2,1H3,(H,22,23). The highest BCUT2D eigenvalue weighted by atomic mass is 35.5. The number of nitrogens with zero attached hydrogens (tertiary/aromatic N) is 1. The number of amides is 1. The first-order valence-electron chi connectivity index (χ1n) is 7.01. The molecular formula is C15H14ClFN2O6. The van der Waals surface area contributed by atoms with Gasteiger partial charge in [0.15, 0.2) is 0 Å². The lowest BCUT2D eigenvalue weighted by Gasteiger charge is -2.16. The second-order valence-electron chi connectivity index (χ2n) is 5.00. The Hall–Kier alpha value is -2.65. The van der Waals surface area contributed by atoms with Crippen molar-refractivity contribution < 1.29 is 33.7 Å². The molecule has 1 aliphatic rings. The number of aliphatic hydroxyl groups excluding tert-OH is 1. The Labute approximate surface area is 146 Å². The van der Waals surface area contributed by atoms with E-state index in [1.165, 1.54) is 0 Å². The molecule has 0 unspecified atom stereocenters. The maximum atomic E-state index is 14.1. The van der Waals surface area contributed by atoms with Crippen molar-refractivity contribution in [2.24, 2.45) is 0 Å². The van der Waals surface area contributed by atoms with Gasteiger partial charge in [-0.2, -0.15) is 0 Å². The van der Waals surface area contributed by atoms with Crippen LogP contribution < -0.4 is 5.32 Å². The molecule has 1 aliphatic heterocycles. The van der Waals surface area contributed by atoms with Gasteiger partial charge >= 0.3 is 11.9 Å². The van der Waals surface area contributed by atoms with E-state index in [4.69, 9.17) is 16.7 Å². The van der Waals surface area contributed by atoms with Crippen molar-refractivity contribution in [3.63, 3.8) is 0 Å². The molecule has 0 saturated carbocycles. The van der Waals surface area contributed by atoms with Crippen molar-refractivity contribution in [2.45, 2.75) is 0 Å². The number of halogens is 2. The lowest BCUT2D eigenvalue weighted by molar-refractivity contribution is -0.136. The zero-order chi connectivity index (χ0) is 18.7. The molecule has 0 atom stereocenters. The summed E-state index contributed by atoms with van der Waals surface area (Å²) >= 11 is 5.80. The average Bonchev–Trinajstić information content (AvgIpc) is 2.87. The number of rotatable bonds is 6. The van der Waals surface area contributed by atoms with E-state index in [-0.39, 0.29) is 36.0 Å². The molecule has 8 nitrogen and oxygen atoms in total. The van der Waals surface area contributed by atoms with E-state index in [0.29, 0.717) is 0 Å². The summed E-state index contributed by atoms with van der Waals surface area (Å²) in [6.07, 6.45) is 0. The minimum atomic E-state index is -1.51. The van der Waals surface area contributed by atoms with Crippen LogP contribution >= 0.6 is 11.6 Å². The second-order valence-corrected chi connectivity index (χ2v) is 5.41. The molecule has 1 heterocycles. The number of carboxylic acid groups (broad SMARTS) is 1. The zero-order valence-corrected chi connectivity index (χ0v) is 13.8. The van der Waals surface area contributed by atoms with Gasteiger partial charge in [-0.15, -0.1) is 0 Å². The molecule has 25 heavy (non-hydrogen) atoms. The van der Waals surface area contributed by atoms with Gasteiger partial charge in [-0.05, 0) is 12.1 Å². The van der Waals surface area contributed by atoms with Gasteiger partial charge in [0, 0.05) is 6.54 Å². The maximum Gasteiger partial charge on any atom is 0.339 e. The van der Waals surface area contributed by atoms with Gasteiger partial charge in [0.05, 0.1) is 36.5 Å². The highest BCUT2D eigenvalue weighted by molar-refractivity contribution is 6.34. The predicted octanol–water partition coefficient (Wildman–Crippen LogP) is 0.851. The molecule has 1 aromatic rings. The Balaban J connectivity index is 2.53. The van der Waals surface area contributed by atoms with Gasteiger partial charge < -0.3 is 25.2 Å². The highest BCUT2D eigenvalue weighted by Crippen LogP contribution is 2.31. The number of hydrogen-bond donors (Lipinski definition) is 3. The largest absolute Gasteiger partial charge is 0.478 e. The van der Waals surface area contributed by atoms with Crippen molar-refractivity contribution >= 4 is 35.1 Å². The van der Waals surface area contributed by atoms with E-state index < -0.39 is 34.9 Å². The van der Waals surface area contributed by atoms with Crippen molar-refractivity contribution in [1.82, 2.24) is 4.90 Å². The molecule has 1 aromatic carbocycles. The van der Waals surface area contributed by atoms with Crippen molar-refractivity contribution in [3.05, 3.63) is 39.8 Å². The first kappa shape index (κ1) is 18.7. The van der Waals surface area contributed by atoms with Crippen LogP contribution in [0.5, 0.6) is 0 Å². The molecule has 0 bridgehead atoms. The number of carboxylic acids is 1. The molecule has 0 aliphatic carbocycles. The van der Waals surface area contributed by atoms with Crippen LogP contribution in [-0.4, -0.2) is 59.8 Å². The summed E-state index contributed by atoms with van der Waals surface area (Å²) in [6.45, 7) is -0.577. The third kappa shape index (κ3) is 3.57. The average molecular weight is 373 g/mol. The second kappa shape index (κ2) is 7.49. The summed E-state index contributed by atoms with van der Waals surface area (Å²) in [4.78, 5) is 36.8. The number of anilines is 1. The molecule has 1 amide bonds. The molecule has 0 radical (unpaired) electrons.